The molecular weight excluding hydrogens is 828 g/mol. The monoisotopic (exact) mass is 890 g/mol. The van der Waals surface area contributed by atoms with Crippen LogP contribution in [-0.2, 0) is 0 Å². The van der Waals surface area contributed by atoms with Gasteiger partial charge >= 0.3 is 0 Å². The molecular formula is C19H60P4U2-2. The van der Waals surface area contributed by atoms with Gasteiger partial charge in [0.1, 0.15) is 0 Å². The van der Waals surface area contributed by atoms with Crippen LogP contribution in [0, 0.1) is 77.1 Å². The van der Waals surface area contributed by atoms with E-state index in [-0.39, 0.29) is 77.1 Å². The van der Waals surface area contributed by atoms with Gasteiger partial charge in [-0.1, -0.05) is 88.5 Å². The van der Waals surface area contributed by atoms with E-state index in [1.165, 1.54) is 31.6 Å². The summed E-state index contributed by atoms with van der Waals surface area (Å²) in [5.41, 5.74) is 0. The molecule has 6 heteroatoms. The Morgan fingerprint density at radius 1 is 0.600 bits per heavy atom. The largest absolute Gasteiger partial charge is 0.358 e. The first-order chi connectivity index (χ1) is 11.2. The first-order valence-electron chi connectivity index (χ1n) is 9.60. The molecule has 25 heavy (non-hydrogen) atoms. The summed E-state index contributed by atoms with van der Waals surface area (Å²) < 4.78 is 11.3. The van der Waals surface area contributed by atoms with Crippen LogP contribution in [0.25, 0.3) is 0 Å². The number of rotatable bonds is 3. The minimum atomic E-state index is 0. The van der Waals surface area contributed by atoms with E-state index < -0.39 is 0 Å². The van der Waals surface area contributed by atoms with E-state index in [2.05, 4.69) is 54.9 Å². The summed E-state index contributed by atoms with van der Waals surface area (Å²) in [6.45, 7) is 25.4. The van der Waals surface area contributed by atoms with E-state index in [4.69, 9.17) is 2.56 Å². The van der Waals surface area contributed by atoms with Crippen LogP contribution in [0.5, 0.6) is 0 Å². The van der Waals surface area contributed by atoms with Gasteiger partial charge in [0.15, 0.2) is 0 Å². The Morgan fingerprint density at radius 2 is 0.680 bits per heavy atom. The van der Waals surface area contributed by atoms with Gasteiger partial charge in [0, 0.05) is 62.2 Å². The second-order valence-corrected chi connectivity index (χ2v) is 5.95. The van der Waals surface area contributed by atoms with Gasteiger partial charge < -0.3 is 14.9 Å². The molecule has 0 nitrogen and oxygen atoms in total. The third kappa shape index (κ3) is 398. The van der Waals surface area contributed by atoms with E-state index >= 15 is 0 Å². The fraction of sp³-hybridized carbons (Fsp3) is 0.895. The molecule has 0 N–H and O–H groups in total. The van der Waals surface area contributed by atoms with Crippen molar-refractivity contribution < 1.29 is 62.2 Å². The molecule has 0 rings (SSSR count). The fourth-order valence-electron chi connectivity index (χ4n) is 0. The van der Waals surface area contributed by atoms with Gasteiger partial charge in [0.25, 0.3) is 0 Å². The Bertz CT molecular complexity index is 59.5. The van der Waals surface area contributed by atoms with Crippen molar-refractivity contribution in [2.24, 2.45) is 0 Å². The summed E-state index contributed by atoms with van der Waals surface area (Å²) in [7, 11) is 5.61. The molecule has 4 unspecified atom stereocenters. The quantitative estimate of drug-likeness (QED) is 0.196. The van der Waals surface area contributed by atoms with E-state index in [9.17, 15) is 0 Å². The normalized spacial score (nSPS) is 6.32. The van der Waals surface area contributed by atoms with Crippen LogP contribution in [0.1, 0.15) is 88.5 Å². The van der Waals surface area contributed by atoms with Crippen molar-refractivity contribution in [3.05, 3.63) is 14.9 Å². The Kier molecular flexibility index (Phi) is 430. The van der Waals surface area contributed by atoms with Crippen molar-refractivity contribution in [3.63, 3.8) is 0 Å². The van der Waals surface area contributed by atoms with Crippen LogP contribution in [0.4, 0.5) is 0 Å². The zero-order valence-corrected chi connectivity index (χ0v) is 33.3. The van der Waals surface area contributed by atoms with Crippen molar-refractivity contribution in [3.8, 4) is 0 Å². The summed E-state index contributed by atoms with van der Waals surface area (Å²) in [5, 5.41) is 0. The van der Waals surface area contributed by atoms with Gasteiger partial charge in [-0.3, -0.25) is 0 Å². The molecule has 0 saturated heterocycles. The summed E-state index contributed by atoms with van der Waals surface area (Å²) in [4.78, 5) is 0. The Hall–Kier alpha value is 3.82. The summed E-state index contributed by atoms with van der Waals surface area (Å²) >= 11 is 0. The smallest absolute Gasteiger partial charge is 0.0511 e. The van der Waals surface area contributed by atoms with Gasteiger partial charge in [-0.05, 0) is 25.7 Å². The Balaban J connectivity index is -0.00000000952. The summed E-state index contributed by atoms with van der Waals surface area (Å²) in [6.07, 6.45) is 6.58. The molecule has 0 bridgehead atoms. The van der Waals surface area contributed by atoms with Crippen LogP contribution in [0.2, 0.25) is 0 Å². The number of unbranched alkanes of at least 4 members (excludes halogenated alkanes) is 1. The van der Waals surface area contributed by atoms with Crippen molar-refractivity contribution in [1.82, 2.24) is 0 Å². The standard InChI is InChI=1S/C4H10.2C3H9P.C3H8.2C2H6.2CH3.2H3P.2U/c3*1-3-4-2;1-3-2;2*1-2;;;;;;/h3-4H2,1-2H3;2*4H,3H2,1-2H3;3H2,1-2H3;2*1-2H3;4*1H3;;/q;;;;;;2*-1;;;;/i;;;;;;;;2*1D;;. The van der Waals surface area contributed by atoms with Gasteiger partial charge in [-0.25, -0.2) is 0 Å². The average molecular weight is 891 g/mol. The van der Waals surface area contributed by atoms with Crippen LogP contribution < -0.4 is 0 Å². The Labute approximate surface area is 228 Å². The fourth-order valence-corrected chi connectivity index (χ4v) is 0. The molecule has 0 heterocycles. The van der Waals surface area contributed by atoms with E-state index in [1.807, 2.05) is 27.7 Å². The van der Waals surface area contributed by atoms with E-state index in [1.54, 1.807) is 19.7 Å². The van der Waals surface area contributed by atoms with Crippen molar-refractivity contribution in [2.45, 2.75) is 88.5 Å². The minimum absolute atomic E-state index is 0. The van der Waals surface area contributed by atoms with Crippen LogP contribution in [0.3, 0.4) is 0 Å². The maximum absolute atomic E-state index is 5.67. The summed E-state index contributed by atoms with van der Waals surface area (Å²) in [6, 6.07) is 0. The molecule has 0 saturated carbocycles. The molecule has 0 fully saturated rings. The molecule has 0 aromatic carbocycles. The van der Waals surface area contributed by atoms with Crippen molar-refractivity contribution in [1.29, 1.82) is 2.56 Å². The third-order valence-corrected chi connectivity index (χ3v) is 2.62. The molecule has 0 aromatic heterocycles. The molecule has 0 spiro atoms. The first-order valence-corrected chi connectivity index (χ1v) is 11.9. The Morgan fingerprint density at radius 3 is 0.680 bits per heavy atom. The van der Waals surface area contributed by atoms with Crippen molar-refractivity contribution in [2.75, 3.05) is 25.7 Å². The molecule has 0 aliphatic heterocycles. The molecule has 0 radical (unpaired) electrons. The van der Waals surface area contributed by atoms with Crippen molar-refractivity contribution >= 4 is 36.8 Å². The molecule has 0 aromatic rings. The second-order valence-electron chi connectivity index (χ2n) is 3.12. The van der Waals surface area contributed by atoms with Gasteiger partial charge in [0.05, 0.1) is 2.56 Å². The number of hydrogen-bond donors (Lipinski definition) is 0. The van der Waals surface area contributed by atoms with Crippen LogP contribution >= 0.6 is 36.8 Å². The SMILES string of the molecule is CC.CC.CCC.CCCC.CCPC.CCPC.[2H]P.[2H]P.[CH3-].[CH3-].[U].[U]. The van der Waals surface area contributed by atoms with Gasteiger partial charge in [-0.15, -0.1) is 17.2 Å². The van der Waals surface area contributed by atoms with Crippen LogP contribution in [0.15, 0.2) is 0 Å². The second kappa shape index (κ2) is 171. The predicted octanol–water partition coefficient (Wildman–Crippen LogP) is 8.92. The third-order valence-electron chi connectivity index (χ3n) is 1.21. The maximum atomic E-state index is 5.67. The topological polar surface area (TPSA) is 0 Å². The zero-order valence-electron chi connectivity index (χ0n) is 22.7. The molecule has 4 atom stereocenters. The molecule has 0 aliphatic carbocycles. The van der Waals surface area contributed by atoms with Crippen LogP contribution in [-0.4, -0.2) is 28.2 Å². The number of hydrogen-bond acceptors (Lipinski definition) is 0. The van der Waals surface area contributed by atoms with E-state index in [0.29, 0.717) is 0 Å². The first kappa shape index (κ1) is 63.0. The molecule has 0 aliphatic rings. The minimum Gasteiger partial charge on any atom is -0.358 e. The summed E-state index contributed by atoms with van der Waals surface area (Å²) in [5.74, 6) is 0. The van der Waals surface area contributed by atoms with E-state index in [0.717, 1.165) is 17.2 Å². The van der Waals surface area contributed by atoms with Gasteiger partial charge in [0.2, 0.25) is 0 Å². The predicted molar refractivity (Wildman–Crippen MR) is 144 cm³/mol. The zero-order chi connectivity index (χ0) is 20.9. The molecule has 166 valence electrons. The molecule has 0 amide bonds. The average Bonchev–Trinajstić information content (AvgIpc) is 2.68. The van der Waals surface area contributed by atoms with Gasteiger partial charge in [-0.2, -0.15) is 19.7 Å². The maximum Gasteiger partial charge on any atom is 0.0511 e.